The van der Waals surface area contributed by atoms with Crippen LogP contribution in [-0.4, -0.2) is 35.7 Å². The van der Waals surface area contributed by atoms with E-state index in [0.717, 1.165) is 24.0 Å². The van der Waals surface area contributed by atoms with Gasteiger partial charge in [-0.3, -0.25) is 4.98 Å². The molecule has 4 nitrogen and oxygen atoms in total. The van der Waals surface area contributed by atoms with E-state index in [1.165, 1.54) is 0 Å². The molecular formula is C22H24ClFN2O2. The second kappa shape index (κ2) is 7.70. The molecule has 0 radical (unpaired) electrons. The molecule has 1 atom stereocenters. The summed E-state index contributed by atoms with van der Waals surface area (Å²) in [6, 6.07) is 9.30. The van der Waals surface area contributed by atoms with Gasteiger partial charge in [0, 0.05) is 30.2 Å². The zero-order valence-corrected chi connectivity index (χ0v) is 16.7. The van der Waals surface area contributed by atoms with Crippen molar-refractivity contribution in [3.8, 4) is 0 Å². The maximum absolute atomic E-state index is 17.1. The van der Waals surface area contributed by atoms with E-state index >= 15 is 4.39 Å². The van der Waals surface area contributed by atoms with Crippen LogP contribution < -0.4 is 0 Å². The Morgan fingerprint density at radius 2 is 2.04 bits per heavy atom. The number of alkyl halides is 1. The molecule has 2 heterocycles. The van der Waals surface area contributed by atoms with Crippen molar-refractivity contribution in [1.82, 2.24) is 9.88 Å². The largest absolute Gasteiger partial charge is 0.450 e. The Hall–Kier alpha value is -2.14. The first-order valence-corrected chi connectivity index (χ1v) is 10.3. The molecule has 1 saturated heterocycles. The van der Waals surface area contributed by atoms with Gasteiger partial charge in [0.2, 0.25) is 0 Å². The average Bonchev–Trinajstić information content (AvgIpc) is 2.84. The summed E-state index contributed by atoms with van der Waals surface area (Å²) in [5, 5.41) is 0.622. The lowest BCUT2D eigenvalue weighted by molar-refractivity contribution is 0.0476. The highest BCUT2D eigenvalue weighted by atomic mass is 35.5. The normalized spacial score (nSPS) is 22.2. The fraction of sp³-hybridized carbons (Fsp3) is 0.455. The minimum absolute atomic E-state index is 0.259. The number of likely N-dealkylation sites (tertiary alicyclic amines) is 1. The molecule has 1 aliphatic heterocycles. The minimum Gasteiger partial charge on any atom is -0.450 e. The molecule has 28 heavy (non-hydrogen) atoms. The second-order valence-electron chi connectivity index (χ2n) is 7.48. The summed E-state index contributed by atoms with van der Waals surface area (Å²) in [7, 11) is 0. The van der Waals surface area contributed by atoms with Crippen LogP contribution in [0.1, 0.15) is 42.1 Å². The van der Waals surface area contributed by atoms with Crippen molar-refractivity contribution in [2.75, 3.05) is 19.7 Å². The fourth-order valence-corrected chi connectivity index (χ4v) is 4.77. The van der Waals surface area contributed by atoms with Gasteiger partial charge in [0.25, 0.3) is 0 Å². The highest BCUT2D eigenvalue weighted by Gasteiger charge is 2.48. The van der Waals surface area contributed by atoms with Crippen LogP contribution in [0.25, 0.3) is 0 Å². The van der Waals surface area contributed by atoms with Crippen LogP contribution in [0.15, 0.2) is 36.5 Å². The summed E-state index contributed by atoms with van der Waals surface area (Å²) in [6.45, 7) is 3.11. The predicted molar refractivity (Wildman–Crippen MR) is 106 cm³/mol. The smallest absolute Gasteiger partial charge is 0.409 e. The average molecular weight is 403 g/mol. The predicted octanol–water partition coefficient (Wildman–Crippen LogP) is 4.92. The third-order valence-corrected chi connectivity index (χ3v) is 6.18. The lowest BCUT2D eigenvalue weighted by Crippen LogP contribution is -2.45. The molecule has 1 aromatic carbocycles. The molecule has 6 heteroatoms. The summed E-state index contributed by atoms with van der Waals surface area (Å²) in [4.78, 5) is 18.2. The van der Waals surface area contributed by atoms with Crippen LogP contribution in [0.5, 0.6) is 0 Å². The molecule has 0 unspecified atom stereocenters. The summed E-state index contributed by atoms with van der Waals surface area (Å²) < 4.78 is 22.2. The zero-order chi connectivity index (χ0) is 19.7. The van der Waals surface area contributed by atoms with Crippen molar-refractivity contribution in [3.05, 3.63) is 63.9 Å². The Kier molecular flexibility index (Phi) is 5.28. The van der Waals surface area contributed by atoms with Gasteiger partial charge in [0.05, 0.1) is 12.3 Å². The van der Waals surface area contributed by atoms with Crippen molar-refractivity contribution in [2.24, 2.45) is 5.92 Å². The van der Waals surface area contributed by atoms with E-state index in [4.69, 9.17) is 16.3 Å². The Balaban J connectivity index is 1.72. The van der Waals surface area contributed by atoms with Gasteiger partial charge in [-0.1, -0.05) is 23.7 Å². The van der Waals surface area contributed by atoms with Crippen LogP contribution in [0.3, 0.4) is 0 Å². The monoisotopic (exact) mass is 402 g/mol. The number of pyridine rings is 1. The van der Waals surface area contributed by atoms with Gasteiger partial charge >= 0.3 is 6.09 Å². The number of amides is 1. The van der Waals surface area contributed by atoms with E-state index in [9.17, 15) is 4.79 Å². The number of ether oxygens (including phenoxy) is 1. The highest BCUT2D eigenvalue weighted by Crippen LogP contribution is 2.49. The molecule has 2 aromatic rings. The van der Waals surface area contributed by atoms with Crippen molar-refractivity contribution >= 4 is 17.7 Å². The molecule has 0 bridgehead atoms. The van der Waals surface area contributed by atoms with Gasteiger partial charge in [0.15, 0.2) is 5.67 Å². The summed E-state index contributed by atoms with van der Waals surface area (Å²) in [5.74, 6) is -0.259. The van der Waals surface area contributed by atoms with Gasteiger partial charge < -0.3 is 9.64 Å². The SMILES string of the molecule is CCOC(=O)N1CCC([C@]2(F)c3ccc(Cl)cc3CCc3cccnc32)CC1. The van der Waals surface area contributed by atoms with E-state index in [-0.39, 0.29) is 12.0 Å². The zero-order valence-electron chi connectivity index (χ0n) is 16.0. The summed E-state index contributed by atoms with van der Waals surface area (Å²) in [6.07, 6.45) is 3.95. The number of piperidine rings is 1. The van der Waals surface area contributed by atoms with E-state index in [0.29, 0.717) is 48.8 Å². The second-order valence-corrected chi connectivity index (χ2v) is 7.92. The number of aromatic nitrogens is 1. The molecule has 4 rings (SSSR count). The van der Waals surface area contributed by atoms with Crippen LogP contribution in [-0.2, 0) is 23.2 Å². The number of halogens is 2. The third-order valence-electron chi connectivity index (χ3n) is 5.94. The summed E-state index contributed by atoms with van der Waals surface area (Å²) >= 11 is 6.21. The lowest BCUT2D eigenvalue weighted by Gasteiger charge is -2.40. The number of carbonyl (C=O) groups is 1. The van der Waals surface area contributed by atoms with Crippen LogP contribution >= 0.6 is 11.6 Å². The molecule has 148 valence electrons. The van der Waals surface area contributed by atoms with Gasteiger partial charge in [-0.2, -0.15) is 0 Å². The van der Waals surface area contributed by atoms with Gasteiger partial charge in [-0.05, 0) is 67.5 Å². The number of hydrogen-bond acceptors (Lipinski definition) is 3. The maximum atomic E-state index is 17.1. The number of rotatable bonds is 2. The lowest BCUT2D eigenvalue weighted by atomic mass is 9.74. The van der Waals surface area contributed by atoms with Crippen molar-refractivity contribution in [2.45, 2.75) is 38.3 Å². The Bertz CT molecular complexity index is 883. The van der Waals surface area contributed by atoms with Gasteiger partial charge in [0.1, 0.15) is 0 Å². The number of carbonyl (C=O) groups excluding carboxylic acids is 1. The topological polar surface area (TPSA) is 42.4 Å². The molecule has 1 aliphatic carbocycles. The number of nitrogens with zero attached hydrogens (tertiary/aromatic N) is 2. The van der Waals surface area contributed by atoms with E-state index in [1.54, 1.807) is 24.1 Å². The summed E-state index contributed by atoms with van der Waals surface area (Å²) in [5.41, 5.74) is 1.40. The number of hydrogen-bond donors (Lipinski definition) is 0. The van der Waals surface area contributed by atoms with Gasteiger partial charge in [-0.25, -0.2) is 9.18 Å². The number of fused-ring (bicyclic) bond motifs is 2. The maximum Gasteiger partial charge on any atom is 0.409 e. The van der Waals surface area contributed by atoms with Crippen LogP contribution in [0, 0.1) is 5.92 Å². The molecule has 0 saturated carbocycles. The fourth-order valence-electron chi connectivity index (χ4n) is 4.58. The number of aryl methyl sites for hydroxylation is 2. The molecule has 0 N–H and O–H groups in total. The van der Waals surface area contributed by atoms with Crippen LogP contribution in [0.2, 0.25) is 5.02 Å². The van der Waals surface area contributed by atoms with Crippen molar-refractivity contribution in [1.29, 1.82) is 0 Å². The minimum atomic E-state index is -1.69. The first-order chi connectivity index (χ1) is 13.5. The first kappa shape index (κ1) is 19.2. The molecule has 2 aliphatic rings. The van der Waals surface area contributed by atoms with Crippen molar-refractivity contribution in [3.63, 3.8) is 0 Å². The van der Waals surface area contributed by atoms with E-state index < -0.39 is 5.67 Å². The van der Waals surface area contributed by atoms with E-state index in [2.05, 4.69) is 4.98 Å². The number of benzene rings is 1. The van der Waals surface area contributed by atoms with Crippen molar-refractivity contribution < 1.29 is 13.9 Å². The molecule has 1 fully saturated rings. The Morgan fingerprint density at radius 1 is 1.29 bits per heavy atom. The highest BCUT2D eigenvalue weighted by molar-refractivity contribution is 6.30. The molecule has 1 aromatic heterocycles. The van der Waals surface area contributed by atoms with Gasteiger partial charge in [-0.15, -0.1) is 0 Å². The van der Waals surface area contributed by atoms with Crippen LogP contribution in [0.4, 0.5) is 9.18 Å². The molecule has 1 amide bonds. The van der Waals surface area contributed by atoms with E-state index in [1.807, 2.05) is 24.3 Å². The molecule has 0 spiro atoms. The standard InChI is InChI=1S/C22H24ClFN2O2/c1-2-28-21(27)26-12-9-17(10-13-26)22(24)19-8-7-18(23)14-16(19)6-5-15-4-3-11-25-20(15)22/h3-4,7-8,11,14,17H,2,5-6,9-10,12-13H2,1H3/t22-/m0/s1. The molecular weight excluding hydrogens is 379 g/mol. The first-order valence-electron chi connectivity index (χ1n) is 9.88. The Labute approximate surface area is 169 Å². The Morgan fingerprint density at radius 3 is 2.79 bits per heavy atom. The third kappa shape index (κ3) is 3.26. The quantitative estimate of drug-likeness (QED) is 0.716.